The van der Waals surface area contributed by atoms with Crippen molar-refractivity contribution in [2.45, 2.75) is 18.9 Å². The zero-order valence-electron chi connectivity index (χ0n) is 20.4. The number of amides is 2. The SMILES string of the molecule is C=CCOC(=O)N1C[C@@H]2CC(c3ccc(OC)cc3)=CN2C(=O)c2cc(OC)c(OCCCBr)cc21. The van der Waals surface area contributed by atoms with Gasteiger partial charge in [0, 0.05) is 17.6 Å². The highest BCUT2D eigenvalue weighted by molar-refractivity contribution is 9.09. The van der Waals surface area contributed by atoms with E-state index in [1.54, 1.807) is 24.1 Å². The molecular weight excluding hydrogens is 528 g/mol. The van der Waals surface area contributed by atoms with Gasteiger partial charge < -0.3 is 23.8 Å². The second kappa shape index (κ2) is 11.5. The first-order valence-electron chi connectivity index (χ1n) is 11.6. The normalized spacial score (nSPS) is 16.5. The van der Waals surface area contributed by atoms with Crippen LogP contribution in [0.2, 0.25) is 0 Å². The van der Waals surface area contributed by atoms with Crippen LogP contribution < -0.4 is 19.1 Å². The summed E-state index contributed by atoms with van der Waals surface area (Å²) in [6.07, 6.45) is 4.20. The molecule has 36 heavy (non-hydrogen) atoms. The van der Waals surface area contributed by atoms with Crippen molar-refractivity contribution in [3.8, 4) is 17.2 Å². The molecule has 0 radical (unpaired) electrons. The Morgan fingerprint density at radius 2 is 1.94 bits per heavy atom. The van der Waals surface area contributed by atoms with Crippen molar-refractivity contribution >= 4 is 39.2 Å². The van der Waals surface area contributed by atoms with Crippen LogP contribution in [0, 0.1) is 0 Å². The fraction of sp³-hybridized carbons (Fsp3) is 0.333. The first-order valence-corrected chi connectivity index (χ1v) is 12.8. The lowest BCUT2D eigenvalue weighted by molar-refractivity contribution is 0.0794. The molecule has 0 bridgehead atoms. The van der Waals surface area contributed by atoms with Gasteiger partial charge in [0.1, 0.15) is 12.4 Å². The van der Waals surface area contributed by atoms with Crippen LogP contribution in [0.5, 0.6) is 17.2 Å². The van der Waals surface area contributed by atoms with Gasteiger partial charge in [0.25, 0.3) is 5.91 Å². The molecular formula is C27H29BrN2O6. The summed E-state index contributed by atoms with van der Waals surface area (Å²) < 4.78 is 22.1. The minimum Gasteiger partial charge on any atom is -0.497 e. The zero-order valence-corrected chi connectivity index (χ0v) is 22.0. The molecule has 0 unspecified atom stereocenters. The lowest BCUT2D eigenvalue weighted by Gasteiger charge is -2.26. The molecule has 1 atom stereocenters. The maximum absolute atomic E-state index is 13.8. The van der Waals surface area contributed by atoms with Crippen molar-refractivity contribution in [3.05, 3.63) is 66.4 Å². The molecule has 0 N–H and O–H groups in total. The van der Waals surface area contributed by atoms with Gasteiger partial charge >= 0.3 is 6.09 Å². The molecule has 2 aliphatic heterocycles. The molecule has 2 aromatic rings. The van der Waals surface area contributed by atoms with Crippen LogP contribution in [0.4, 0.5) is 10.5 Å². The lowest BCUT2D eigenvalue weighted by atomic mass is 10.0. The number of methoxy groups -OCH3 is 2. The maximum atomic E-state index is 13.8. The molecule has 0 fully saturated rings. The monoisotopic (exact) mass is 556 g/mol. The summed E-state index contributed by atoms with van der Waals surface area (Å²) in [4.78, 5) is 30.1. The van der Waals surface area contributed by atoms with E-state index in [9.17, 15) is 9.59 Å². The van der Waals surface area contributed by atoms with E-state index in [1.165, 1.54) is 18.1 Å². The van der Waals surface area contributed by atoms with Crippen LogP contribution in [0.3, 0.4) is 0 Å². The Morgan fingerprint density at radius 3 is 2.61 bits per heavy atom. The van der Waals surface area contributed by atoms with Gasteiger partial charge in [-0.3, -0.25) is 9.69 Å². The number of anilines is 1. The van der Waals surface area contributed by atoms with Crippen LogP contribution in [-0.2, 0) is 4.74 Å². The van der Waals surface area contributed by atoms with Crippen LogP contribution in [0.15, 0.2) is 55.3 Å². The molecule has 8 nitrogen and oxygen atoms in total. The maximum Gasteiger partial charge on any atom is 0.414 e. The molecule has 9 heteroatoms. The van der Waals surface area contributed by atoms with E-state index in [4.69, 9.17) is 18.9 Å². The number of fused-ring (bicyclic) bond motifs is 2. The summed E-state index contributed by atoms with van der Waals surface area (Å²) in [5, 5.41) is 0.790. The van der Waals surface area contributed by atoms with Gasteiger partial charge in [0.15, 0.2) is 11.5 Å². The van der Waals surface area contributed by atoms with Gasteiger partial charge in [0.2, 0.25) is 0 Å². The average Bonchev–Trinajstić information content (AvgIpc) is 3.29. The van der Waals surface area contributed by atoms with E-state index in [1.807, 2.05) is 30.5 Å². The van der Waals surface area contributed by atoms with Gasteiger partial charge in [-0.15, -0.1) is 0 Å². The number of carbonyl (C=O) groups is 2. The first-order chi connectivity index (χ1) is 17.5. The zero-order chi connectivity index (χ0) is 25.7. The molecule has 2 amide bonds. The third-order valence-corrected chi connectivity index (χ3v) is 6.68. The van der Waals surface area contributed by atoms with E-state index in [0.717, 1.165) is 28.6 Å². The molecule has 0 aromatic heterocycles. The summed E-state index contributed by atoms with van der Waals surface area (Å²) >= 11 is 3.40. The van der Waals surface area contributed by atoms with Crippen LogP contribution >= 0.6 is 15.9 Å². The number of nitrogens with zero attached hydrogens (tertiary/aromatic N) is 2. The van der Waals surface area contributed by atoms with Crippen LogP contribution in [0.1, 0.15) is 28.8 Å². The second-order valence-corrected chi connectivity index (χ2v) is 9.13. The summed E-state index contributed by atoms with van der Waals surface area (Å²) in [5.41, 5.74) is 2.76. The van der Waals surface area contributed by atoms with Gasteiger partial charge in [0.05, 0.1) is 44.7 Å². The molecule has 2 heterocycles. The van der Waals surface area contributed by atoms with Gasteiger partial charge in [-0.05, 0) is 42.2 Å². The number of ether oxygens (including phenoxy) is 4. The van der Waals surface area contributed by atoms with Crippen molar-refractivity contribution in [1.82, 2.24) is 4.90 Å². The summed E-state index contributed by atoms with van der Waals surface area (Å²) in [6.45, 7) is 4.41. The van der Waals surface area contributed by atoms with E-state index in [2.05, 4.69) is 22.5 Å². The van der Waals surface area contributed by atoms with Gasteiger partial charge in [-0.25, -0.2) is 4.79 Å². The highest BCUT2D eigenvalue weighted by Gasteiger charge is 2.40. The topological polar surface area (TPSA) is 77.5 Å². The standard InChI is InChI=1S/C27H29BrN2O6/c1-4-11-36-27(32)30-17-20-13-19(18-6-8-21(33-2)9-7-18)16-29(20)26(31)22-14-24(34-3)25(15-23(22)30)35-12-5-10-28/h4,6-9,14-16,20H,1,5,10-13,17H2,2-3H3/t20-/m0/s1. The molecule has 0 aliphatic carbocycles. The number of benzene rings is 2. The molecule has 190 valence electrons. The average molecular weight is 557 g/mol. The smallest absolute Gasteiger partial charge is 0.414 e. The molecule has 0 saturated heterocycles. The lowest BCUT2D eigenvalue weighted by Crippen LogP contribution is -2.41. The highest BCUT2D eigenvalue weighted by Crippen LogP contribution is 2.41. The quantitative estimate of drug-likeness (QED) is 0.238. The molecule has 0 saturated carbocycles. The van der Waals surface area contributed by atoms with Crippen LogP contribution in [0.25, 0.3) is 5.57 Å². The van der Waals surface area contributed by atoms with E-state index in [0.29, 0.717) is 35.8 Å². The van der Waals surface area contributed by atoms with Crippen molar-refractivity contribution in [1.29, 1.82) is 0 Å². The first kappa shape index (κ1) is 25.6. The van der Waals surface area contributed by atoms with E-state index >= 15 is 0 Å². The number of halogens is 1. The van der Waals surface area contributed by atoms with Gasteiger partial charge in [-0.1, -0.05) is 40.7 Å². The van der Waals surface area contributed by atoms with E-state index in [-0.39, 0.29) is 25.1 Å². The number of hydrogen-bond acceptors (Lipinski definition) is 6. The largest absolute Gasteiger partial charge is 0.497 e. The van der Waals surface area contributed by atoms with Crippen molar-refractivity contribution in [2.75, 3.05) is 44.2 Å². The number of carbonyl (C=O) groups excluding carboxylic acids is 2. The number of alkyl halides is 1. The van der Waals surface area contributed by atoms with Gasteiger partial charge in [-0.2, -0.15) is 0 Å². The van der Waals surface area contributed by atoms with E-state index < -0.39 is 6.09 Å². The highest BCUT2D eigenvalue weighted by atomic mass is 79.9. The summed E-state index contributed by atoms with van der Waals surface area (Å²) in [7, 11) is 3.15. The number of rotatable bonds is 9. The molecule has 2 aliphatic rings. The Bertz CT molecular complexity index is 1160. The third kappa shape index (κ3) is 5.21. The Kier molecular flexibility index (Phi) is 8.20. The summed E-state index contributed by atoms with van der Waals surface area (Å²) in [6, 6.07) is 10.8. The molecule has 4 rings (SSSR count). The third-order valence-electron chi connectivity index (χ3n) is 6.12. The second-order valence-electron chi connectivity index (χ2n) is 8.34. The fourth-order valence-corrected chi connectivity index (χ4v) is 4.56. The summed E-state index contributed by atoms with van der Waals surface area (Å²) in [5.74, 6) is 1.42. The fourth-order valence-electron chi connectivity index (χ4n) is 4.33. The predicted octanol–water partition coefficient (Wildman–Crippen LogP) is 5.27. The Morgan fingerprint density at radius 1 is 1.17 bits per heavy atom. The van der Waals surface area contributed by atoms with Crippen LogP contribution in [-0.4, -0.2) is 62.3 Å². The van der Waals surface area contributed by atoms with Crippen molar-refractivity contribution in [3.63, 3.8) is 0 Å². The minimum absolute atomic E-state index is 0.0626. The molecule has 2 aromatic carbocycles. The minimum atomic E-state index is -0.555. The predicted molar refractivity (Wildman–Crippen MR) is 141 cm³/mol. The van der Waals surface area contributed by atoms with Crippen molar-refractivity contribution in [2.24, 2.45) is 0 Å². The Balaban J connectivity index is 1.74. The number of hydrogen-bond donors (Lipinski definition) is 0. The molecule has 0 spiro atoms. The Hall–Kier alpha value is -3.46. The Labute approximate surface area is 219 Å². The van der Waals surface area contributed by atoms with Crippen molar-refractivity contribution < 1.29 is 28.5 Å².